The summed E-state index contributed by atoms with van der Waals surface area (Å²) in [6, 6.07) is 20.3. The van der Waals surface area contributed by atoms with Gasteiger partial charge < -0.3 is 4.74 Å². The van der Waals surface area contributed by atoms with Crippen molar-refractivity contribution in [1.29, 1.82) is 0 Å². The number of hydrogen-bond acceptors (Lipinski definition) is 5. The summed E-state index contributed by atoms with van der Waals surface area (Å²) in [5.41, 5.74) is 1.77. The van der Waals surface area contributed by atoms with E-state index in [2.05, 4.69) is 22.6 Å². The number of hydrogen-bond donors (Lipinski definition) is 0. The Kier molecular flexibility index (Phi) is 11.2. The molecule has 42 heavy (non-hydrogen) atoms. The molecule has 0 saturated heterocycles. The lowest BCUT2D eigenvalue weighted by Gasteiger charge is -2.18. The summed E-state index contributed by atoms with van der Waals surface area (Å²) in [5.74, 6) is -0.775. The molecule has 0 bridgehead atoms. The number of carbonyl (C=O) groups excluding carboxylic acids is 1. The Bertz CT molecular complexity index is 1510. The van der Waals surface area contributed by atoms with Crippen LogP contribution in [0.5, 0.6) is 5.75 Å². The second-order valence-corrected chi connectivity index (χ2v) is 12.9. The number of rotatable bonds is 11. The zero-order chi connectivity index (χ0) is 30.4. The first-order chi connectivity index (χ1) is 19.9. The molecule has 1 heterocycles. The van der Waals surface area contributed by atoms with Gasteiger partial charge in [0.15, 0.2) is 5.75 Å². The molecule has 1 aromatic heterocycles. The van der Waals surface area contributed by atoms with Crippen molar-refractivity contribution in [2.75, 3.05) is 0 Å². The van der Waals surface area contributed by atoms with Gasteiger partial charge in [0.25, 0.3) is 0 Å². The van der Waals surface area contributed by atoms with E-state index < -0.39 is 17.7 Å². The number of ether oxygens (including phenoxy) is 1. The molecule has 11 heteroatoms. The monoisotopic (exact) mass is 748 g/mol. The van der Waals surface area contributed by atoms with Gasteiger partial charge in [0, 0.05) is 13.3 Å². The molecule has 0 aliphatic heterocycles. The van der Waals surface area contributed by atoms with Crippen molar-refractivity contribution in [3.63, 3.8) is 0 Å². The highest BCUT2D eigenvalue weighted by Crippen LogP contribution is 2.39. The predicted molar refractivity (Wildman–Crippen MR) is 168 cm³/mol. The second kappa shape index (κ2) is 14.4. The first kappa shape index (κ1) is 32.6. The lowest BCUT2D eigenvalue weighted by molar-refractivity contribution is -0.217. The summed E-state index contributed by atoms with van der Waals surface area (Å²) < 4.78 is 46.5. The molecule has 222 valence electrons. The molecule has 4 nitrogen and oxygen atoms in total. The van der Waals surface area contributed by atoms with E-state index in [0.29, 0.717) is 25.0 Å². The third-order valence-corrected chi connectivity index (χ3v) is 9.14. The van der Waals surface area contributed by atoms with Gasteiger partial charge in [0.1, 0.15) is 5.02 Å². The topological polar surface area (TPSA) is 44.8 Å². The zero-order valence-corrected chi connectivity index (χ0v) is 27.0. The van der Waals surface area contributed by atoms with Crippen LogP contribution in [-0.4, -0.2) is 5.97 Å². The van der Waals surface area contributed by atoms with Crippen molar-refractivity contribution in [3.05, 3.63) is 108 Å². The summed E-state index contributed by atoms with van der Waals surface area (Å²) in [6.45, 7) is 3.73. The Morgan fingerprint density at radius 2 is 1.62 bits per heavy atom. The van der Waals surface area contributed by atoms with Crippen LogP contribution in [0.1, 0.15) is 47.9 Å². The van der Waals surface area contributed by atoms with E-state index in [-0.39, 0.29) is 27.8 Å². The number of carbonyl (C=O) groups is 1. The maximum Gasteiger partial charge on any atom is 0.416 e. The van der Waals surface area contributed by atoms with E-state index >= 15 is 0 Å². The molecule has 0 spiro atoms. The Balaban J connectivity index is 1.52. The van der Waals surface area contributed by atoms with Crippen molar-refractivity contribution in [2.45, 2.75) is 45.6 Å². The third kappa shape index (κ3) is 8.63. The van der Waals surface area contributed by atoms with Gasteiger partial charge in [-0.3, -0.25) is 9.78 Å². The van der Waals surface area contributed by atoms with Gasteiger partial charge in [0.2, 0.25) is 0 Å². The fourth-order valence-electron chi connectivity index (χ4n) is 3.89. The molecule has 1 atom stereocenters. The molecule has 0 fully saturated rings. The van der Waals surface area contributed by atoms with Crippen molar-refractivity contribution < 1.29 is 32.5 Å². The minimum atomic E-state index is -4.39. The molecular formula is C31H26Cl2F3IO4S. The summed E-state index contributed by atoms with van der Waals surface area (Å²) in [5, 5.41) is 0.408. The van der Waals surface area contributed by atoms with Crippen molar-refractivity contribution in [1.82, 2.24) is 0 Å². The van der Waals surface area contributed by atoms with Gasteiger partial charge in [0.05, 0.1) is 29.2 Å². The molecule has 0 aliphatic rings. The van der Waals surface area contributed by atoms with Crippen LogP contribution in [0.15, 0.2) is 72.8 Å². The van der Waals surface area contributed by atoms with Crippen LogP contribution in [0.3, 0.4) is 0 Å². The Morgan fingerprint density at radius 1 is 0.929 bits per heavy atom. The lowest BCUT2D eigenvalue weighted by atomic mass is 10.0. The maximum absolute atomic E-state index is 13.0. The summed E-state index contributed by atoms with van der Waals surface area (Å²) >= 11 is 16.7. The summed E-state index contributed by atoms with van der Waals surface area (Å²) in [4.78, 5) is 23.4. The minimum Gasteiger partial charge on any atom is -0.368 e. The lowest BCUT2D eigenvalue weighted by Crippen LogP contribution is -2.14. The summed E-state index contributed by atoms with van der Waals surface area (Å²) in [6.07, 6.45) is -3.65. The van der Waals surface area contributed by atoms with Gasteiger partial charge in [-0.2, -0.15) is 13.2 Å². The number of aryl methyl sites for hydroxylation is 1. The molecule has 0 amide bonds. The van der Waals surface area contributed by atoms with Gasteiger partial charge in [-0.05, 0) is 94.6 Å². The molecule has 4 aromatic rings. The van der Waals surface area contributed by atoms with Crippen LogP contribution in [0.4, 0.5) is 13.2 Å². The van der Waals surface area contributed by atoms with Crippen LogP contribution in [0, 0.1) is 9.49 Å². The van der Waals surface area contributed by atoms with Crippen LogP contribution in [-0.2, 0) is 33.6 Å². The van der Waals surface area contributed by atoms with E-state index in [9.17, 15) is 18.0 Å². The summed E-state index contributed by atoms with van der Waals surface area (Å²) in [7, 11) is 0. The average Bonchev–Trinajstić information content (AvgIpc) is 3.45. The highest BCUT2D eigenvalue weighted by molar-refractivity contribution is 14.1. The molecule has 4 rings (SSSR count). The van der Waals surface area contributed by atoms with Gasteiger partial charge in [-0.25, -0.2) is 4.79 Å². The Hall–Kier alpha value is -2.31. The maximum atomic E-state index is 13.0. The van der Waals surface area contributed by atoms with Crippen molar-refractivity contribution in [2.24, 2.45) is 5.92 Å². The minimum absolute atomic E-state index is 0.128. The Morgan fingerprint density at radius 3 is 2.26 bits per heavy atom. The van der Waals surface area contributed by atoms with E-state index in [4.69, 9.17) is 37.7 Å². The largest absolute Gasteiger partial charge is 0.416 e. The molecule has 0 saturated carbocycles. The van der Waals surface area contributed by atoms with Gasteiger partial charge in [-0.1, -0.05) is 67.4 Å². The fourth-order valence-corrected chi connectivity index (χ4v) is 5.81. The molecule has 3 aromatic carbocycles. The van der Waals surface area contributed by atoms with E-state index in [0.717, 1.165) is 36.6 Å². The first-order valence-corrected chi connectivity index (χ1v) is 15.6. The SMILES string of the molecule is CC(C)C(=O)OOc1ccc(CCC(OCc2ccc(I)cc2)c2ccc(-c3ccc(C(F)(F)F)cc3)s2)c(Cl)c1Cl. The zero-order valence-electron chi connectivity index (χ0n) is 22.5. The smallest absolute Gasteiger partial charge is 0.368 e. The van der Waals surface area contributed by atoms with Crippen LogP contribution >= 0.6 is 57.1 Å². The van der Waals surface area contributed by atoms with E-state index in [1.807, 2.05) is 36.4 Å². The normalized spacial score (nSPS) is 12.4. The standard InChI is InChI=1S/C31H26Cl2F3IO4S/c1-18(2)30(38)41-40-25-14-8-21(28(32)29(25)33)7-13-24(39-17-19-3-11-23(37)12-4-19)27-16-15-26(42-27)20-5-9-22(10-6-20)31(34,35)36/h3-6,8-12,14-16,18,24H,7,13,17H2,1-2H3. The van der Waals surface area contributed by atoms with Gasteiger partial charge >= 0.3 is 12.1 Å². The number of alkyl halides is 3. The quantitative estimate of drug-likeness (QED) is 0.0870. The second-order valence-electron chi connectivity index (χ2n) is 9.73. The highest BCUT2D eigenvalue weighted by Gasteiger charge is 2.30. The molecule has 0 aliphatic carbocycles. The van der Waals surface area contributed by atoms with Crippen molar-refractivity contribution >= 4 is 63.1 Å². The van der Waals surface area contributed by atoms with Crippen LogP contribution in [0.2, 0.25) is 10.0 Å². The number of thiophene rings is 1. The van der Waals surface area contributed by atoms with E-state index in [1.54, 1.807) is 26.0 Å². The first-order valence-electron chi connectivity index (χ1n) is 12.9. The van der Waals surface area contributed by atoms with Crippen LogP contribution in [0.25, 0.3) is 10.4 Å². The highest BCUT2D eigenvalue weighted by atomic mass is 127. The number of benzene rings is 3. The molecular weight excluding hydrogens is 723 g/mol. The third-order valence-electron chi connectivity index (χ3n) is 6.29. The molecule has 0 radical (unpaired) electrons. The van der Waals surface area contributed by atoms with E-state index in [1.165, 1.54) is 23.5 Å². The Labute approximate surface area is 269 Å². The van der Waals surface area contributed by atoms with Crippen molar-refractivity contribution in [3.8, 4) is 16.2 Å². The molecule has 1 unspecified atom stereocenters. The fraction of sp³-hybridized carbons (Fsp3) is 0.258. The van der Waals surface area contributed by atoms with Gasteiger partial charge in [-0.15, -0.1) is 11.3 Å². The van der Waals surface area contributed by atoms with Crippen LogP contribution < -0.4 is 4.89 Å². The predicted octanol–water partition coefficient (Wildman–Crippen LogP) is 10.7. The average molecular weight is 749 g/mol. The number of halogens is 6. The molecule has 0 N–H and O–H groups in total.